The fraction of sp³-hybridized carbons (Fsp3) is 0.452. The van der Waals surface area contributed by atoms with Crippen LogP contribution < -0.4 is 26.0 Å². The van der Waals surface area contributed by atoms with Gasteiger partial charge in [-0.05, 0) is 87.4 Å². The number of carbonyl (C=O) groups excluding carboxylic acids is 5. The van der Waals surface area contributed by atoms with Gasteiger partial charge in [-0.25, -0.2) is 9.59 Å². The summed E-state index contributed by atoms with van der Waals surface area (Å²) in [6.07, 6.45) is 1.85. The van der Waals surface area contributed by atoms with Crippen molar-refractivity contribution in [2.75, 3.05) is 11.9 Å². The average molecular weight is 592 g/mol. The number of urea groups is 1. The maximum Gasteiger partial charge on any atom is 0.407 e. The minimum Gasteiger partial charge on any atom is -0.490 e. The van der Waals surface area contributed by atoms with Crippen LogP contribution in [0.25, 0.3) is 0 Å². The standard InChI is InChI=1S/C31H37N5O7/c1-31(2,3)43-30(41)33-16-19-13-23(14-19)42-22-7-5-21(6-8-22)34-29(40)32-15-18-4-9-24-20(12-18)17-36(28(24)39)25-10-11-26(37)35-27(25)38/h4-9,12,19,23,25H,10-11,13-17H2,1-3H3,(H,33,41)(H2,32,34,40)(H,35,37,38)/t19?,23?,25-/m0/s1. The summed E-state index contributed by atoms with van der Waals surface area (Å²) >= 11 is 0. The molecule has 5 rings (SSSR count). The first-order valence-electron chi connectivity index (χ1n) is 14.5. The lowest BCUT2D eigenvalue weighted by Gasteiger charge is -2.35. The van der Waals surface area contributed by atoms with Crippen LogP contribution in [0.2, 0.25) is 0 Å². The number of imide groups is 1. The lowest BCUT2D eigenvalue weighted by Crippen LogP contribution is -2.52. The summed E-state index contributed by atoms with van der Waals surface area (Å²) < 4.78 is 11.3. The van der Waals surface area contributed by atoms with Crippen molar-refractivity contribution in [2.24, 2.45) is 5.92 Å². The number of hydrogen-bond acceptors (Lipinski definition) is 7. The zero-order valence-corrected chi connectivity index (χ0v) is 24.5. The number of nitrogens with zero attached hydrogens (tertiary/aromatic N) is 1. The first-order valence-corrected chi connectivity index (χ1v) is 14.5. The Morgan fingerprint density at radius 2 is 1.77 bits per heavy atom. The van der Waals surface area contributed by atoms with Gasteiger partial charge in [0.2, 0.25) is 11.8 Å². The molecule has 1 atom stereocenters. The summed E-state index contributed by atoms with van der Waals surface area (Å²) in [6, 6.07) is 11.4. The number of nitrogens with one attached hydrogen (secondary N) is 4. The van der Waals surface area contributed by atoms with Crippen LogP contribution >= 0.6 is 0 Å². The second-order valence-electron chi connectivity index (χ2n) is 12.2. The van der Waals surface area contributed by atoms with Crippen LogP contribution in [-0.2, 0) is 27.4 Å². The van der Waals surface area contributed by atoms with Crippen molar-refractivity contribution >= 4 is 35.5 Å². The lowest BCUT2D eigenvalue weighted by atomic mass is 9.82. The van der Waals surface area contributed by atoms with Crippen molar-refractivity contribution in [1.82, 2.24) is 20.9 Å². The van der Waals surface area contributed by atoms with Gasteiger partial charge in [0.1, 0.15) is 17.4 Å². The lowest BCUT2D eigenvalue weighted by molar-refractivity contribution is -0.136. The number of alkyl carbamates (subject to hydrolysis) is 1. The van der Waals surface area contributed by atoms with Gasteiger partial charge < -0.3 is 30.3 Å². The highest BCUT2D eigenvalue weighted by molar-refractivity contribution is 6.05. The maximum absolute atomic E-state index is 12.9. The van der Waals surface area contributed by atoms with Gasteiger partial charge in [0.25, 0.3) is 5.91 Å². The van der Waals surface area contributed by atoms with E-state index in [0.717, 1.165) is 24.0 Å². The van der Waals surface area contributed by atoms with Gasteiger partial charge in [0.15, 0.2) is 0 Å². The predicted molar refractivity (Wildman–Crippen MR) is 156 cm³/mol. The first-order chi connectivity index (χ1) is 20.4. The Bertz CT molecular complexity index is 1410. The molecule has 3 aliphatic rings. The zero-order chi connectivity index (χ0) is 30.7. The van der Waals surface area contributed by atoms with E-state index in [9.17, 15) is 24.0 Å². The van der Waals surface area contributed by atoms with Crippen molar-refractivity contribution in [3.05, 3.63) is 59.2 Å². The van der Waals surface area contributed by atoms with Crippen molar-refractivity contribution in [2.45, 2.75) is 77.3 Å². The summed E-state index contributed by atoms with van der Waals surface area (Å²) in [5, 5.41) is 10.7. The third-order valence-corrected chi connectivity index (χ3v) is 7.58. The molecule has 0 unspecified atom stereocenters. The Hall–Kier alpha value is -4.61. The molecule has 6 amide bonds. The van der Waals surface area contributed by atoms with Gasteiger partial charge in [0.05, 0.1) is 6.10 Å². The van der Waals surface area contributed by atoms with E-state index in [2.05, 4.69) is 21.3 Å². The van der Waals surface area contributed by atoms with Crippen LogP contribution in [0, 0.1) is 5.92 Å². The molecule has 1 saturated heterocycles. The number of hydrogen-bond donors (Lipinski definition) is 4. The van der Waals surface area contributed by atoms with Crippen LogP contribution in [0.1, 0.15) is 67.9 Å². The van der Waals surface area contributed by atoms with E-state index in [4.69, 9.17) is 9.47 Å². The number of rotatable bonds is 8. The van der Waals surface area contributed by atoms with Crippen molar-refractivity contribution in [3.8, 4) is 5.75 Å². The van der Waals surface area contributed by atoms with Crippen LogP contribution in [0.5, 0.6) is 5.75 Å². The van der Waals surface area contributed by atoms with E-state index in [1.807, 2.05) is 26.8 Å². The Balaban J connectivity index is 1.03. The Labute approximate surface area is 249 Å². The van der Waals surface area contributed by atoms with Gasteiger partial charge in [-0.15, -0.1) is 0 Å². The molecule has 0 aromatic heterocycles. The molecule has 0 bridgehead atoms. The number of anilines is 1. The molecule has 0 radical (unpaired) electrons. The molecular weight excluding hydrogens is 554 g/mol. The largest absolute Gasteiger partial charge is 0.490 e. The molecule has 2 fully saturated rings. The third kappa shape index (κ3) is 7.62. The van der Waals surface area contributed by atoms with Crippen LogP contribution in [0.15, 0.2) is 42.5 Å². The van der Waals surface area contributed by atoms with E-state index < -0.39 is 23.6 Å². The number of fused-ring (bicyclic) bond motifs is 1. The zero-order valence-electron chi connectivity index (χ0n) is 24.5. The van der Waals surface area contributed by atoms with Crippen LogP contribution in [-0.4, -0.2) is 59.0 Å². The normalized spacial score (nSPS) is 21.3. The quantitative estimate of drug-likeness (QED) is 0.343. The molecule has 2 heterocycles. The highest BCUT2D eigenvalue weighted by Gasteiger charge is 2.39. The fourth-order valence-electron chi connectivity index (χ4n) is 5.38. The summed E-state index contributed by atoms with van der Waals surface area (Å²) in [5.74, 6) is 0.0421. The van der Waals surface area contributed by atoms with Crippen LogP contribution in [0.3, 0.4) is 0 Å². The number of amides is 6. The van der Waals surface area contributed by atoms with E-state index in [0.29, 0.717) is 35.9 Å². The van der Waals surface area contributed by atoms with Gasteiger partial charge >= 0.3 is 12.1 Å². The van der Waals surface area contributed by atoms with Gasteiger partial charge in [0, 0.05) is 37.3 Å². The SMILES string of the molecule is CC(C)(C)OC(=O)NCC1CC(Oc2ccc(NC(=O)NCc3ccc4c(c3)CN([C@H]3CCC(=O)NC3=O)C4=O)cc2)C1. The van der Waals surface area contributed by atoms with Crippen LogP contribution in [0.4, 0.5) is 15.3 Å². The topological polar surface area (TPSA) is 155 Å². The number of benzene rings is 2. The molecule has 12 nitrogen and oxygen atoms in total. The summed E-state index contributed by atoms with van der Waals surface area (Å²) in [4.78, 5) is 62.4. The molecular formula is C31H37N5O7. The van der Waals surface area contributed by atoms with E-state index in [1.165, 1.54) is 4.90 Å². The summed E-state index contributed by atoms with van der Waals surface area (Å²) in [6.45, 7) is 6.56. The molecule has 1 saturated carbocycles. The molecule has 4 N–H and O–H groups in total. The van der Waals surface area contributed by atoms with Gasteiger partial charge in [-0.2, -0.15) is 0 Å². The first kappa shape index (κ1) is 29.9. The highest BCUT2D eigenvalue weighted by atomic mass is 16.6. The molecule has 2 aliphatic heterocycles. The summed E-state index contributed by atoms with van der Waals surface area (Å²) in [7, 11) is 0. The molecule has 1 aliphatic carbocycles. The fourth-order valence-corrected chi connectivity index (χ4v) is 5.38. The third-order valence-electron chi connectivity index (χ3n) is 7.58. The molecule has 2 aromatic carbocycles. The predicted octanol–water partition coefficient (Wildman–Crippen LogP) is 3.45. The molecule has 0 spiro atoms. The Morgan fingerprint density at radius 3 is 2.47 bits per heavy atom. The summed E-state index contributed by atoms with van der Waals surface area (Å²) in [5.41, 5.74) is 2.21. The van der Waals surface area contributed by atoms with Gasteiger partial charge in [-0.3, -0.25) is 19.7 Å². The second kappa shape index (κ2) is 12.3. The van der Waals surface area contributed by atoms with E-state index in [-0.39, 0.29) is 43.5 Å². The van der Waals surface area contributed by atoms with Crippen molar-refractivity contribution in [1.29, 1.82) is 0 Å². The smallest absolute Gasteiger partial charge is 0.407 e. The van der Waals surface area contributed by atoms with Crippen molar-refractivity contribution < 1.29 is 33.4 Å². The average Bonchev–Trinajstić information content (AvgIpc) is 3.24. The number of ether oxygens (including phenoxy) is 2. The minimum atomic E-state index is -0.666. The second-order valence-corrected chi connectivity index (χ2v) is 12.2. The molecule has 228 valence electrons. The molecule has 12 heteroatoms. The number of piperidine rings is 1. The monoisotopic (exact) mass is 591 g/mol. The van der Waals surface area contributed by atoms with Gasteiger partial charge in [-0.1, -0.05) is 12.1 Å². The Kier molecular flexibility index (Phi) is 8.56. The maximum atomic E-state index is 12.9. The minimum absolute atomic E-state index is 0.0752. The van der Waals surface area contributed by atoms with E-state index >= 15 is 0 Å². The Morgan fingerprint density at radius 1 is 1.02 bits per heavy atom. The number of carbonyl (C=O) groups is 5. The highest BCUT2D eigenvalue weighted by Crippen LogP contribution is 2.32. The molecule has 2 aromatic rings. The van der Waals surface area contributed by atoms with E-state index in [1.54, 1.807) is 36.4 Å². The van der Waals surface area contributed by atoms with Crippen molar-refractivity contribution in [3.63, 3.8) is 0 Å². The molecule has 43 heavy (non-hydrogen) atoms.